The number of halogens is 3. The summed E-state index contributed by atoms with van der Waals surface area (Å²) in [5, 5.41) is 0. The van der Waals surface area contributed by atoms with Crippen molar-refractivity contribution in [2.45, 2.75) is 0 Å². The minimum absolute atomic E-state index is 0.110. The second kappa shape index (κ2) is 4.76. The maximum absolute atomic E-state index is 13.7. The lowest BCUT2D eigenvalue weighted by Gasteiger charge is -2.05. The van der Waals surface area contributed by atoms with E-state index in [9.17, 15) is 22.8 Å². The van der Waals surface area contributed by atoms with E-state index in [1.54, 1.807) is 0 Å². The minimum Gasteiger partial charge on any atom is -0.399 e. The molecule has 0 unspecified atom stereocenters. The smallest absolute Gasteiger partial charge is 0.333 e. The molecule has 5 nitrogen and oxygen atoms in total. The van der Waals surface area contributed by atoms with Gasteiger partial charge in [0.15, 0.2) is 17.5 Å². The van der Waals surface area contributed by atoms with Crippen LogP contribution in [0.5, 0.6) is 0 Å². The first-order valence-corrected chi connectivity index (χ1v) is 6.08. The lowest BCUT2D eigenvalue weighted by atomic mass is 10.1. The highest BCUT2D eigenvalue weighted by atomic mass is 19.2. The molecular weight excluding hydrogens is 299 g/mol. The highest BCUT2D eigenvalue weighted by molar-refractivity contribution is 6.01. The largest absolute Gasteiger partial charge is 0.399 e. The lowest BCUT2D eigenvalue weighted by molar-refractivity contribution is 0.0955. The summed E-state index contributed by atoms with van der Waals surface area (Å²) < 4.78 is 40.5. The first-order valence-electron chi connectivity index (χ1n) is 6.08. The summed E-state index contributed by atoms with van der Waals surface area (Å²) in [6.07, 6.45) is 0. The van der Waals surface area contributed by atoms with Gasteiger partial charge in [-0.2, -0.15) is 0 Å². The second-order valence-electron chi connectivity index (χ2n) is 4.57. The molecule has 0 aliphatic heterocycles. The molecule has 3 N–H and O–H groups in total. The zero-order valence-electron chi connectivity index (χ0n) is 10.9. The number of aromatic amines is 1. The van der Waals surface area contributed by atoms with E-state index in [0.717, 1.165) is 6.07 Å². The summed E-state index contributed by atoms with van der Waals surface area (Å²) in [4.78, 5) is 26.6. The molecule has 0 saturated carbocycles. The molecule has 0 saturated heterocycles. The number of nitrogens with one attached hydrogen (secondary N) is 1. The molecule has 0 fully saturated rings. The maximum Gasteiger partial charge on any atom is 0.333 e. The lowest BCUT2D eigenvalue weighted by Crippen LogP contribution is -2.26. The van der Waals surface area contributed by atoms with Crippen molar-refractivity contribution in [3.63, 3.8) is 0 Å². The van der Waals surface area contributed by atoms with Gasteiger partial charge in [0, 0.05) is 5.69 Å². The van der Waals surface area contributed by atoms with Crippen LogP contribution >= 0.6 is 0 Å². The Labute approximate surface area is 120 Å². The van der Waals surface area contributed by atoms with Crippen LogP contribution in [-0.4, -0.2) is 15.5 Å². The number of carbonyl (C=O) groups excluding carboxylic acids is 1. The summed E-state index contributed by atoms with van der Waals surface area (Å²) in [5.41, 5.74) is 4.68. The number of imidazole rings is 1. The Hall–Kier alpha value is -3.03. The van der Waals surface area contributed by atoms with Crippen LogP contribution in [0.1, 0.15) is 10.4 Å². The van der Waals surface area contributed by atoms with Crippen LogP contribution in [0.3, 0.4) is 0 Å². The Morgan fingerprint density at radius 1 is 1.09 bits per heavy atom. The summed E-state index contributed by atoms with van der Waals surface area (Å²) in [7, 11) is 0. The van der Waals surface area contributed by atoms with Gasteiger partial charge in [-0.05, 0) is 30.3 Å². The van der Waals surface area contributed by atoms with Gasteiger partial charge >= 0.3 is 5.69 Å². The Morgan fingerprint density at radius 2 is 1.82 bits per heavy atom. The molecule has 22 heavy (non-hydrogen) atoms. The number of nitrogens with two attached hydrogens (primary N) is 1. The molecular formula is C14H8F3N3O2. The number of fused-ring (bicyclic) bond motifs is 1. The molecule has 3 aromatic rings. The fraction of sp³-hybridized carbons (Fsp3) is 0. The van der Waals surface area contributed by atoms with E-state index < -0.39 is 34.6 Å². The minimum atomic E-state index is -1.78. The topological polar surface area (TPSA) is 80.9 Å². The van der Waals surface area contributed by atoms with E-state index in [1.165, 1.54) is 18.2 Å². The Kier molecular flexibility index (Phi) is 3.01. The molecule has 1 aromatic heterocycles. The quantitative estimate of drug-likeness (QED) is 0.533. The zero-order valence-corrected chi connectivity index (χ0v) is 10.9. The summed E-state index contributed by atoms with van der Waals surface area (Å²) in [6, 6.07) is 5.69. The van der Waals surface area contributed by atoms with Gasteiger partial charge in [0.25, 0.3) is 5.91 Å². The zero-order chi connectivity index (χ0) is 16.0. The highest BCUT2D eigenvalue weighted by Crippen LogP contribution is 2.19. The van der Waals surface area contributed by atoms with Gasteiger partial charge < -0.3 is 10.7 Å². The predicted molar refractivity (Wildman–Crippen MR) is 73.0 cm³/mol. The van der Waals surface area contributed by atoms with Crippen LogP contribution in [0.4, 0.5) is 18.9 Å². The van der Waals surface area contributed by atoms with Crippen LogP contribution in [0, 0.1) is 17.5 Å². The SMILES string of the molecule is Nc1ccc2[nH]c(=O)n(C(=O)c3ccc(F)c(F)c3F)c2c1. The van der Waals surface area contributed by atoms with Crippen LogP contribution < -0.4 is 11.4 Å². The number of nitrogen functional groups attached to an aromatic ring is 1. The van der Waals surface area contributed by atoms with Crippen LogP contribution in [0.2, 0.25) is 0 Å². The molecule has 2 aromatic carbocycles. The number of benzene rings is 2. The summed E-state index contributed by atoms with van der Waals surface area (Å²) in [6.45, 7) is 0. The Bertz CT molecular complexity index is 975. The highest BCUT2D eigenvalue weighted by Gasteiger charge is 2.23. The Balaban J connectivity index is 2.26. The molecule has 0 aliphatic carbocycles. The van der Waals surface area contributed by atoms with Crippen molar-refractivity contribution in [1.29, 1.82) is 0 Å². The fourth-order valence-electron chi connectivity index (χ4n) is 2.13. The van der Waals surface area contributed by atoms with Crippen molar-refractivity contribution in [2.24, 2.45) is 0 Å². The molecule has 1 heterocycles. The van der Waals surface area contributed by atoms with Gasteiger partial charge in [-0.15, -0.1) is 0 Å². The average molecular weight is 307 g/mol. The van der Waals surface area contributed by atoms with E-state index >= 15 is 0 Å². The van der Waals surface area contributed by atoms with Crippen LogP contribution in [0.25, 0.3) is 11.0 Å². The van der Waals surface area contributed by atoms with Crippen molar-refractivity contribution in [1.82, 2.24) is 9.55 Å². The molecule has 8 heteroatoms. The standard InChI is InChI=1S/C14H8F3N3O2/c15-8-3-2-7(11(16)12(8)17)13(21)20-10-5-6(18)1-4-9(10)19-14(20)22/h1-5H,18H2,(H,19,22). The van der Waals surface area contributed by atoms with Crippen LogP contribution in [-0.2, 0) is 0 Å². The third-order valence-corrected chi connectivity index (χ3v) is 3.18. The molecule has 0 amide bonds. The van der Waals surface area contributed by atoms with Gasteiger partial charge in [0.2, 0.25) is 0 Å². The second-order valence-corrected chi connectivity index (χ2v) is 4.57. The number of nitrogens with zero attached hydrogens (tertiary/aromatic N) is 1. The van der Waals surface area contributed by atoms with E-state index in [-0.39, 0.29) is 11.2 Å². The van der Waals surface area contributed by atoms with Crippen molar-refractivity contribution in [3.05, 3.63) is 63.8 Å². The van der Waals surface area contributed by atoms with E-state index in [0.29, 0.717) is 16.2 Å². The summed E-state index contributed by atoms with van der Waals surface area (Å²) >= 11 is 0. The van der Waals surface area contributed by atoms with Crippen molar-refractivity contribution >= 4 is 22.6 Å². The summed E-state index contributed by atoms with van der Waals surface area (Å²) in [5.74, 6) is -5.99. The number of H-pyrrole nitrogens is 1. The molecule has 0 aliphatic rings. The van der Waals surface area contributed by atoms with E-state index in [4.69, 9.17) is 5.73 Å². The first kappa shape index (κ1) is 13.9. The fourth-order valence-corrected chi connectivity index (χ4v) is 2.13. The van der Waals surface area contributed by atoms with E-state index in [2.05, 4.69) is 4.98 Å². The number of hydrogen-bond donors (Lipinski definition) is 2. The molecule has 3 rings (SSSR count). The monoisotopic (exact) mass is 307 g/mol. The predicted octanol–water partition coefficient (Wildman–Crippen LogP) is 2.02. The maximum atomic E-state index is 13.7. The van der Waals surface area contributed by atoms with Gasteiger partial charge in [-0.25, -0.2) is 22.5 Å². The molecule has 0 atom stereocenters. The number of carbonyl (C=O) groups is 1. The normalized spacial score (nSPS) is 11.0. The van der Waals surface area contributed by atoms with Crippen molar-refractivity contribution in [2.75, 3.05) is 5.73 Å². The average Bonchev–Trinajstić information content (AvgIpc) is 2.79. The number of hydrogen-bond acceptors (Lipinski definition) is 3. The van der Waals surface area contributed by atoms with Gasteiger partial charge in [-0.1, -0.05) is 0 Å². The van der Waals surface area contributed by atoms with Crippen molar-refractivity contribution in [3.8, 4) is 0 Å². The molecule has 0 spiro atoms. The van der Waals surface area contributed by atoms with E-state index in [1.807, 2.05) is 0 Å². The number of rotatable bonds is 1. The van der Waals surface area contributed by atoms with Crippen LogP contribution in [0.15, 0.2) is 35.1 Å². The third kappa shape index (κ3) is 1.96. The number of aromatic nitrogens is 2. The van der Waals surface area contributed by atoms with Gasteiger partial charge in [0.05, 0.1) is 16.6 Å². The third-order valence-electron chi connectivity index (χ3n) is 3.18. The number of anilines is 1. The Morgan fingerprint density at radius 3 is 2.55 bits per heavy atom. The molecule has 0 radical (unpaired) electrons. The molecule has 112 valence electrons. The molecule has 0 bridgehead atoms. The first-order chi connectivity index (χ1) is 10.4. The van der Waals surface area contributed by atoms with Crippen molar-refractivity contribution < 1.29 is 18.0 Å². The van der Waals surface area contributed by atoms with Gasteiger partial charge in [-0.3, -0.25) is 4.79 Å². The van der Waals surface area contributed by atoms with Gasteiger partial charge in [0.1, 0.15) is 0 Å².